The molecule has 4 rings (SSSR count). The molecule has 0 saturated carbocycles. The molecular formula is C24H29ClN6O2. The summed E-state index contributed by atoms with van der Waals surface area (Å²) >= 11 is 0. The molecule has 2 heterocycles. The molecule has 4 aromatic rings. The van der Waals surface area contributed by atoms with Gasteiger partial charge in [-0.3, -0.25) is 10.1 Å². The number of aromatic amines is 1. The van der Waals surface area contributed by atoms with Crippen LogP contribution in [0.1, 0.15) is 13.8 Å². The number of halogens is 1. The summed E-state index contributed by atoms with van der Waals surface area (Å²) in [5.41, 5.74) is 5.22. The zero-order valence-corrected chi connectivity index (χ0v) is 20.0. The van der Waals surface area contributed by atoms with Crippen molar-refractivity contribution in [2.75, 3.05) is 32.2 Å². The Bertz CT molecular complexity index is 1160. The zero-order valence-electron chi connectivity index (χ0n) is 19.2. The average Bonchev–Trinajstić information content (AvgIpc) is 3.35. The first-order valence-corrected chi connectivity index (χ1v) is 10.6. The Hall–Kier alpha value is -3.36. The molecule has 0 saturated heterocycles. The normalized spacial score (nSPS) is 10.8. The SMILES string of the molecule is COc1cc(OC)cc(N(CCNC(C)C)c2ccc3ncc(-c4ccn[nH]4)nc3c2)c1.Cl. The Morgan fingerprint density at radius 3 is 2.36 bits per heavy atom. The summed E-state index contributed by atoms with van der Waals surface area (Å²) in [5, 5.41) is 10.5. The minimum Gasteiger partial charge on any atom is -0.497 e. The Morgan fingerprint density at radius 1 is 0.970 bits per heavy atom. The highest BCUT2D eigenvalue weighted by atomic mass is 35.5. The molecule has 0 atom stereocenters. The maximum absolute atomic E-state index is 5.50. The number of H-pyrrole nitrogens is 1. The Kier molecular flexibility index (Phi) is 8.08. The van der Waals surface area contributed by atoms with Crippen LogP contribution in [0.4, 0.5) is 11.4 Å². The van der Waals surface area contributed by atoms with E-state index in [1.54, 1.807) is 26.6 Å². The van der Waals surface area contributed by atoms with Crippen molar-refractivity contribution in [1.82, 2.24) is 25.5 Å². The van der Waals surface area contributed by atoms with Crippen LogP contribution in [-0.2, 0) is 0 Å². The highest BCUT2D eigenvalue weighted by Gasteiger charge is 2.14. The number of ether oxygens (including phenoxy) is 2. The van der Waals surface area contributed by atoms with E-state index < -0.39 is 0 Å². The third-order valence-corrected chi connectivity index (χ3v) is 5.15. The van der Waals surface area contributed by atoms with E-state index in [-0.39, 0.29) is 12.4 Å². The summed E-state index contributed by atoms with van der Waals surface area (Å²) < 4.78 is 11.0. The van der Waals surface area contributed by atoms with Crippen molar-refractivity contribution in [2.24, 2.45) is 0 Å². The van der Waals surface area contributed by atoms with E-state index in [9.17, 15) is 0 Å². The number of nitrogens with zero attached hydrogens (tertiary/aromatic N) is 4. The van der Waals surface area contributed by atoms with Gasteiger partial charge in [-0.25, -0.2) is 4.98 Å². The van der Waals surface area contributed by atoms with Gasteiger partial charge < -0.3 is 19.7 Å². The quantitative estimate of drug-likeness (QED) is 0.371. The van der Waals surface area contributed by atoms with Crippen LogP contribution in [-0.4, -0.2) is 53.5 Å². The fourth-order valence-corrected chi connectivity index (χ4v) is 3.52. The molecule has 2 N–H and O–H groups in total. The van der Waals surface area contributed by atoms with Crippen LogP contribution in [0.15, 0.2) is 54.9 Å². The molecule has 2 aromatic heterocycles. The second-order valence-electron chi connectivity index (χ2n) is 7.73. The molecule has 0 unspecified atom stereocenters. The lowest BCUT2D eigenvalue weighted by molar-refractivity contribution is 0.394. The smallest absolute Gasteiger partial charge is 0.124 e. The van der Waals surface area contributed by atoms with Gasteiger partial charge in [0, 0.05) is 54.9 Å². The number of aromatic nitrogens is 4. The summed E-state index contributed by atoms with van der Waals surface area (Å²) in [4.78, 5) is 11.6. The summed E-state index contributed by atoms with van der Waals surface area (Å²) in [6.45, 7) is 5.85. The molecule has 174 valence electrons. The Balaban J connectivity index is 0.00000306. The van der Waals surface area contributed by atoms with E-state index in [0.717, 1.165) is 58.4 Å². The Labute approximate surface area is 199 Å². The maximum Gasteiger partial charge on any atom is 0.124 e. The van der Waals surface area contributed by atoms with E-state index in [0.29, 0.717) is 6.04 Å². The molecule has 0 spiro atoms. The van der Waals surface area contributed by atoms with Crippen LogP contribution in [0.25, 0.3) is 22.4 Å². The van der Waals surface area contributed by atoms with Gasteiger partial charge in [-0.1, -0.05) is 13.8 Å². The first kappa shape index (κ1) is 24.3. The number of hydrogen-bond acceptors (Lipinski definition) is 7. The van der Waals surface area contributed by atoms with Gasteiger partial charge in [0.05, 0.1) is 37.1 Å². The number of anilines is 2. The van der Waals surface area contributed by atoms with Crippen molar-refractivity contribution in [1.29, 1.82) is 0 Å². The third-order valence-electron chi connectivity index (χ3n) is 5.15. The Morgan fingerprint density at radius 2 is 1.73 bits per heavy atom. The molecule has 0 aliphatic carbocycles. The highest BCUT2D eigenvalue weighted by molar-refractivity contribution is 5.85. The number of fused-ring (bicyclic) bond motifs is 1. The molecule has 0 bridgehead atoms. The van der Waals surface area contributed by atoms with E-state index in [2.05, 4.69) is 51.4 Å². The first-order chi connectivity index (χ1) is 15.6. The number of nitrogens with one attached hydrogen (secondary N) is 2. The molecule has 0 radical (unpaired) electrons. The van der Waals surface area contributed by atoms with Crippen LogP contribution in [0, 0.1) is 0 Å². The van der Waals surface area contributed by atoms with Crippen LogP contribution in [0.2, 0.25) is 0 Å². The molecule has 9 heteroatoms. The van der Waals surface area contributed by atoms with E-state index >= 15 is 0 Å². The molecule has 0 aliphatic rings. The fraction of sp³-hybridized carbons (Fsp3) is 0.292. The summed E-state index contributed by atoms with van der Waals surface area (Å²) in [5.74, 6) is 1.48. The van der Waals surface area contributed by atoms with Gasteiger partial charge in [-0.05, 0) is 24.3 Å². The molecule has 2 aromatic carbocycles. The predicted octanol–water partition coefficient (Wildman–Crippen LogP) is 4.60. The number of methoxy groups -OCH3 is 2. The lowest BCUT2D eigenvalue weighted by Crippen LogP contribution is -2.32. The number of benzene rings is 2. The van der Waals surface area contributed by atoms with Gasteiger partial charge in [-0.15, -0.1) is 12.4 Å². The third kappa shape index (κ3) is 5.71. The summed E-state index contributed by atoms with van der Waals surface area (Å²) in [6, 6.07) is 14.3. The molecule has 0 fully saturated rings. The van der Waals surface area contributed by atoms with E-state index in [4.69, 9.17) is 14.5 Å². The molecule has 0 amide bonds. The van der Waals surface area contributed by atoms with Gasteiger partial charge in [0.25, 0.3) is 0 Å². The van der Waals surface area contributed by atoms with Gasteiger partial charge in [0.1, 0.15) is 17.2 Å². The second-order valence-corrected chi connectivity index (χ2v) is 7.73. The van der Waals surface area contributed by atoms with Crippen molar-refractivity contribution in [3.05, 3.63) is 54.9 Å². The molecule has 8 nitrogen and oxygen atoms in total. The van der Waals surface area contributed by atoms with Gasteiger partial charge >= 0.3 is 0 Å². The van der Waals surface area contributed by atoms with Gasteiger partial charge in [-0.2, -0.15) is 5.10 Å². The van der Waals surface area contributed by atoms with Crippen LogP contribution in [0.5, 0.6) is 11.5 Å². The molecule has 0 aliphatic heterocycles. The lowest BCUT2D eigenvalue weighted by Gasteiger charge is -2.27. The van der Waals surface area contributed by atoms with Crippen molar-refractivity contribution >= 4 is 34.8 Å². The van der Waals surface area contributed by atoms with Crippen molar-refractivity contribution in [3.8, 4) is 22.9 Å². The fourth-order valence-electron chi connectivity index (χ4n) is 3.52. The zero-order chi connectivity index (χ0) is 22.5. The van der Waals surface area contributed by atoms with Crippen molar-refractivity contribution in [2.45, 2.75) is 19.9 Å². The lowest BCUT2D eigenvalue weighted by atomic mass is 10.2. The largest absolute Gasteiger partial charge is 0.497 e. The second kappa shape index (κ2) is 11.0. The standard InChI is InChI=1S/C24H28N6O2.ClH/c1-16(2)25-9-10-30(18-11-19(31-3)14-20(12-18)32-4)17-5-6-21-23(13-17)28-24(15-26-21)22-7-8-27-29-22;/h5-8,11-16,25H,9-10H2,1-4H3,(H,27,29);1H. The predicted molar refractivity (Wildman–Crippen MR) is 134 cm³/mol. The van der Waals surface area contributed by atoms with E-state index in [1.807, 2.05) is 30.3 Å². The van der Waals surface area contributed by atoms with Crippen LogP contribution >= 0.6 is 12.4 Å². The monoisotopic (exact) mass is 468 g/mol. The van der Waals surface area contributed by atoms with Gasteiger partial charge in [0.2, 0.25) is 0 Å². The summed E-state index contributed by atoms with van der Waals surface area (Å²) in [7, 11) is 3.32. The van der Waals surface area contributed by atoms with Gasteiger partial charge in [0.15, 0.2) is 0 Å². The number of rotatable bonds is 9. The molecular weight excluding hydrogens is 440 g/mol. The highest BCUT2D eigenvalue weighted by Crippen LogP contribution is 2.33. The average molecular weight is 469 g/mol. The topological polar surface area (TPSA) is 88.2 Å². The maximum atomic E-state index is 5.50. The van der Waals surface area contributed by atoms with Crippen molar-refractivity contribution < 1.29 is 9.47 Å². The van der Waals surface area contributed by atoms with Crippen LogP contribution < -0.4 is 19.7 Å². The summed E-state index contributed by atoms with van der Waals surface area (Å²) in [6.07, 6.45) is 3.46. The minimum absolute atomic E-state index is 0. The minimum atomic E-state index is 0. The van der Waals surface area contributed by atoms with E-state index in [1.165, 1.54) is 0 Å². The number of hydrogen-bond donors (Lipinski definition) is 2. The van der Waals surface area contributed by atoms with Crippen LogP contribution in [0.3, 0.4) is 0 Å². The first-order valence-electron chi connectivity index (χ1n) is 10.6. The van der Waals surface area contributed by atoms with Crippen molar-refractivity contribution in [3.63, 3.8) is 0 Å². The molecule has 33 heavy (non-hydrogen) atoms.